The third kappa shape index (κ3) is 3.49. The summed E-state index contributed by atoms with van der Waals surface area (Å²) < 4.78 is 18.8. The van der Waals surface area contributed by atoms with Crippen LogP contribution in [0.15, 0.2) is 24.3 Å². The van der Waals surface area contributed by atoms with E-state index in [2.05, 4.69) is 0 Å². The Morgan fingerprint density at radius 3 is 2.42 bits per heavy atom. The molecule has 0 unspecified atom stereocenters. The molecule has 2 amide bonds. The minimum absolute atomic E-state index is 0.0386. The Hall–Kier alpha value is -1.79. The number of aliphatic hydroxyl groups is 1. The van der Waals surface area contributed by atoms with Gasteiger partial charge < -0.3 is 9.84 Å². The first-order valence-electron chi connectivity index (χ1n) is 8.42. The van der Waals surface area contributed by atoms with Crippen molar-refractivity contribution in [2.45, 2.75) is 38.4 Å². The van der Waals surface area contributed by atoms with Crippen molar-refractivity contribution in [1.82, 2.24) is 4.90 Å². The predicted molar refractivity (Wildman–Crippen MR) is 84.2 cm³/mol. The summed E-state index contributed by atoms with van der Waals surface area (Å²) in [6.07, 6.45) is 2.49. The number of carbonyl (C=O) groups excluding carboxylic acids is 2. The number of hydrogen-bond acceptors (Lipinski definition) is 4. The third-order valence-electron chi connectivity index (χ3n) is 4.85. The fourth-order valence-electron chi connectivity index (χ4n) is 3.59. The van der Waals surface area contributed by atoms with E-state index in [0.29, 0.717) is 5.56 Å². The fourth-order valence-corrected chi connectivity index (χ4v) is 3.59. The third-order valence-corrected chi connectivity index (χ3v) is 4.85. The van der Waals surface area contributed by atoms with Crippen molar-refractivity contribution in [3.63, 3.8) is 0 Å². The van der Waals surface area contributed by atoms with E-state index in [1.165, 1.54) is 11.0 Å². The minimum Gasteiger partial charge on any atom is -0.389 e. The molecule has 6 heteroatoms. The number of aliphatic hydroxyl groups excluding tert-OH is 1. The molecule has 1 aliphatic heterocycles. The SMILES string of the molecule is O=C1[C@H]2CCCC[C@@H]2C(=O)N1C[C@H](O)COCc1ccccc1F. The van der Waals surface area contributed by atoms with E-state index >= 15 is 0 Å². The molecule has 24 heavy (non-hydrogen) atoms. The van der Waals surface area contributed by atoms with Crippen molar-refractivity contribution in [3.05, 3.63) is 35.6 Å². The van der Waals surface area contributed by atoms with Crippen molar-refractivity contribution < 1.29 is 23.8 Å². The molecule has 0 radical (unpaired) electrons. The summed E-state index contributed by atoms with van der Waals surface area (Å²) in [4.78, 5) is 25.8. The Labute approximate surface area is 140 Å². The molecule has 5 nitrogen and oxygen atoms in total. The topological polar surface area (TPSA) is 66.8 Å². The highest BCUT2D eigenvalue weighted by Gasteiger charge is 2.48. The summed E-state index contributed by atoms with van der Waals surface area (Å²) in [5, 5.41) is 10.1. The molecular formula is C18H22FNO4. The van der Waals surface area contributed by atoms with Gasteiger partial charge >= 0.3 is 0 Å². The molecule has 3 rings (SSSR count). The quantitative estimate of drug-likeness (QED) is 0.806. The van der Waals surface area contributed by atoms with Crippen LogP contribution in [0.3, 0.4) is 0 Å². The Bertz CT molecular complexity index is 597. The van der Waals surface area contributed by atoms with Gasteiger partial charge in [0.2, 0.25) is 11.8 Å². The van der Waals surface area contributed by atoms with Gasteiger partial charge in [0, 0.05) is 5.56 Å². The first-order valence-corrected chi connectivity index (χ1v) is 8.42. The number of fused-ring (bicyclic) bond motifs is 1. The molecule has 2 aliphatic rings. The molecule has 0 bridgehead atoms. The van der Waals surface area contributed by atoms with Gasteiger partial charge in [-0.3, -0.25) is 14.5 Å². The molecule has 1 aliphatic carbocycles. The normalized spacial score (nSPS) is 25.0. The summed E-state index contributed by atoms with van der Waals surface area (Å²) in [5.41, 5.74) is 0.407. The maximum Gasteiger partial charge on any atom is 0.233 e. The van der Waals surface area contributed by atoms with Crippen molar-refractivity contribution in [3.8, 4) is 0 Å². The van der Waals surface area contributed by atoms with Gasteiger partial charge in [-0.05, 0) is 18.9 Å². The maximum absolute atomic E-state index is 13.5. The Morgan fingerprint density at radius 2 is 1.79 bits per heavy atom. The number of amides is 2. The number of β-amino-alcohol motifs (C(OH)–C–C–N with tert-alkyl or cyclic N) is 1. The van der Waals surface area contributed by atoms with Crippen LogP contribution in [0.4, 0.5) is 4.39 Å². The standard InChI is InChI=1S/C18H22FNO4/c19-16-8-4-1-5-12(16)10-24-11-13(21)9-20-17(22)14-6-2-3-7-15(14)18(20)23/h1,4-5,8,13-15,21H,2-3,6-7,9-11H2/t13-,14-,15-/m0/s1. The maximum atomic E-state index is 13.5. The molecule has 1 aromatic rings. The monoisotopic (exact) mass is 335 g/mol. The zero-order chi connectivity index (χ0) is 17.1. The molecule has 1 N–H and O–H groups in total. The van der Waals surface area contributed by atoms with Crippen molar-refractivity contribution >= 4 is 11.8 Å². The molecule has 1 heterocycles. The summed E-state index contributed by atoms with van der Waals surface area (Å²) >= 11 is 0. The van der Waals surface area contributed by atoms with Gasteiger partial charge in [0.25, 0.3) is 0 Å². The van der Waals surface area contributed by atoms with E-state index in [9.17, 15) is 19.1 Å². The highest BCUT2D eigenvalue weighted by molar-refractivity contribution is 6.05. The lowest BCUT2D eigenvalue weighted by molar-refractivity contribution is -0.142. The van der Waals surface area contributed by atoms with Crippen LogP contribution in [0.25, 0.3) is 0 Å². The fraction of sp³-hybridized carbons (Fsp3) is 0.556. The van der Waals surface area contributed by atoms with Crippen LogP contribution >= 0.6 is 0 Å². The number of benzene rings is 1. The molecule has 130 valence electrons. The second-order valence-electron chi connectivity index (χ2n) is 6.54. The molecule has 0 spiro atoms. The summed E-state index contributed by atoms with van der Waals surface area (Å²) in [6, 6.07) is 6.26. The van der Waals surface area contributed by atoms with E-state index in [1.54, 1.807) is 18.2 Å². The van der Waals surface area contributed by atoms with Crippen LogP contribution < -0.4 is 0 Å². The second kappa shape index (κ2) is 7.40. The second-order valence-corrected chi connectivity index (χ2v) is 6.54. The lowest BCUT2D eigenvalue weighted by Crippen LogP contribution is -2.39. The molecule has 1 aromatic carbocycles. The summed E-state index contributed by atoms with van der Waals surface area (Å²) in [6.45, 7) is -0.0699. The van der Waals surface area contributed by atoms with Gasteiger partial charge in [-0.25, -0.2) is 4.39 Å². The van der Waals surface area contributed by atoms with Crippen molar-refractivity contribution in [2.75, 3.05) is 13.2 Å². The van der Waals surface area contributed by atoms with E-state index < -0.39 is 6.10 Å². The zero-order valence-corrected chi connectivity index (χ0v) is 13.5. The zero-order valence-electron chi connectivity index (χ0n) is 13.5. The summed E-state index contributed by atoms with van der Waals surface area (Å²) in [7, 11) is 0. The first-order chi connectivity index (χ1) is 11.6. The lowest BCUT2D eigenvalue weighted by Gasteiger charge is -2.19. The molecular weight excluding hydrogens is 313 g/mol. The van der Waals surface area contributed by atoms with Gasteiger partial charge in [0.05, 0.1) is 37.7 Å². The van der Waals surface area contributed by atoms with Crippen LogP contribution in [0.5, 0.6) is 0 Å². The van der Waals surface area contributed by atoms with E-state index in [-0.39, 0.29) is 49.2 Å². The van der Waals surface area contributed by atoms with Crippen LogP contribution in [0, 0.1) is 17.7 Å². The summed E-state index contributed by atoms with van der Waals surface area (Å²) in [5.74, 6) is -1.12. The number of nitrogens with zero attached hydrogens (tertiary/aromatic N) is 1. The number of halogens is 1. The van der Waals surface area contributed by atoms with Gasteiger partial charge in [0.1, 0.15) is 5.82 Å². The minimum atomic E-state index is -0.968. The number of carbonyl (C=O) groups is 2. The Morgan fingerprint density at radius 1 is 1.17 bits per heavy atom. The highest BCUT2D eigenvalue weighted by atomic mass is 19.1. The van der Waals surface area contributed by atoms with Crippen LogP contribution in [0.1, 0.15) is 31.2 Å². The average Bonchev–Trinajstić information content (AvgIpc) is 2.82. The smallest absolute Gasteiger partial charge is 0.233 e. The molecule has 2 fully saturated rings. The largest absolute Gasteiger partial charge is 0.389 e. The number of imide groups is 1. The molecule has 3 atom stereocenters. The molecule has 1 saturated carbocycles. The molecule has 1 saturated heterocycles. The molecule has 0 aromatic heterocycles. The van der Waals surface area contributed by atoms with Crippen LogP contribution in [-0.2, 0) is 20.9 Å². The average molecular weight is 335 g/mol. The van der Waals surface area contributed by atoms with E-state index in [1.807, 2.05) is 0 Å². The number of likely N-dealkylation sites (tertiary alicyclic amines) is 1. The first kappa shape index (κ1) is 17.0. The van der Waals surface area contributed by atoms with Gasteiger partial charge in [-0.15, -0.1) is 0 Å². The lowest BCUT2D eigenvalue weighted by atomic mass is 9.81. The number of rotatable bonds is 6. The number of ether oxygens (including phenoxy) is 1. The van der Waals surface area contributed by atoms with E-state index in [4.69, 9.17) is 4.74 Å². The van der Waals surface area contributed by atoms with Crippen molar-refractivity contribution in [2.24, 2.45) is 11.8 Å². The van der Waals surface area contributed by atoms with Crippen LogP contribution in [-0.4, -0.2) is 41.1 Å². The Kier molecular flexibility index (Phi) is 5.26. The number of hydrogen-bond donors (Lipinski definition) is 1. The highest BCUT2D eigenvalue weighted by Crippen LogP contribution is 2.37. The Balaban J connectivity index is 1.50. The van der Waals surface area contributed by atoms with Gasteiger partial charge in [-0.1, -0.05) is 31.0 Å². The predicted octanol–water partition coefficient (Wildman–Crippen LogP) is 1.88. The van der Waals surface area contributed by atoms with Gasteiger partial charge in [0.15, 0.2) is 0 Å². The van der Waals surface area contributed by atoms with E-state index in [0.717, 1.165) is 25.7 Å². The van der Waals surface area contributed by atoms with Crippen molar-refractivity contribution in [1.29, 1.82) is 0 Å². The van der Waals surface area contributed by atoms with Gasteiger partial charge in [-0.2, -0.15) is 0 Å². The van der Waals surface area contributed by atoms with Crippen LogP contribution in [0.2, 0.25) is 0 Å².